The van der Waals surface area contributed by atoms with Gasteiger partial charge >= 0.3 is 10.5 Å². The highest BCUT2D eigenvalue weighted by molar-refractivity contribution is 7.61. The maximum atomic E-state index is 13.3. The molecule has 0 aliphatic carbocycles. The maximum absolute atomic E-state index is 13.3. The molecule has 27 heavy (non-hydrogen) atoms. The molecule has 3 rings (SSSR count). The molecule has 1 heterocycles. The smallest absolute Gasteiger partial charge is 0.231 e. The fraction of sp³-hybridized carbons (Fsp3) is 0.0588. The van der Waals surface area contributed by atoms with Crippen LogP contribution < -0.4 is 0 Å². The van der Waals surface area contributed by atoms with Crippen LogP contribution in [0, 0.1) is 17.1 Å². The predicted octanol–water partition coefficient (Wildman–Crippen LogP) is 4.18. The number of nitriles is 1. The molecule has 6 nitrogen and oxygen atoms in total. The molecule has 10 heteroatoms. The van der Waals surface area contributed by atoms with E-state index in [0.29, 0.717) is 11.3 Å². The van der Waals surface area contributed by atoms with Crippen LogP contribution in [0.25, 0.3) is 16.9 Å². The first-order chi connectivity index (χ1) is 12.9. The Morgan fingerprint density at radius 1 is 1.07 bits per heavy atom. The van der Waals surface area contributed by atoms with Gasteiger partial charge in [-0.3, -0.25) is 0 Å². The summed E-state index contributed by atoms with van der Waals surface area (Å²) in [7, 11) is -2.64. The van der Waals surface area contributed by atoms with Gasteiger partial charge in [0.25, 0.3) is 6.43 Å². The minimum absolute atomic E-state index is 0.0740. The lowest BCUT2D eigenvalue weighted by Gasteiger charge is -2.08. The number of hydrogen-bond donors (Lipinski definition) is 0. The quantitative estimate of drug-likeness (QED) is 0.668. The van der Waals surface area contributed by atoms with Gasteiger partial charge in [-0.15, -0.1) is 4.36 Å². The Morgan fingerprint density at radius 3 is 2.22 bits per heavy atom. The van der Waals surface area contributed by atoms with E-state index in [0.717, 1.165) is 16.8 Å². The van der Waals surface area contributed by atoms with E-state index in [4.69, 9.17) is 0 Å². The van der Waals surface area contributed by atoms with Gasteiger partial charge in [-0.2, -0.15) is 18.8 Å². The first-order valence-electron chi connectivity index (χ1n) is 7.39. The number of benzene rings is 2. The van der Waals surface area contributed by atoms with E-state index in [-0.39, 0.29) is 16.9 Å². The first kappa shape index (κ1) is 18.3. The summed E-state index contributed by atoms with van der Waals surface area (Å²) in [6.07, 6.45) is -2.99. The second kappa shape index (κ2) is 7.43. The van der Waals surface area contributed by atoms with Crippen molar-refractivity contribution in [3.05, 3.63) is 65.6 Å². The van der Waals surface area contributed by atoms with E-state index in [1.165, 1.54) is 36.4 Å². The van der Waals surface area contributed by atoms with Crippen molar-refractivity contribution in [3.63, 3.8) is 0 Å². The average molecular weight is 390 g/mol. The summed E-state index contributed by atoms with van der Waals surface area (Å²) in [4.78, 5) is 0. The summed E-state index contributed by atoms with van der Waals surface area (Å²) in [5.74, 6) is -0.519. The van der Waals surface area contributed by atoms with Crippen LogP contribution in [0.4, 0.5) is 18.9 Å². The molecule has 0 aliphatic heterocycles. The van der Waals surface area contributed by atoms with Crippen molar-refractivity contribution in [1.82, 2.24) is 9.78 Å². The molecular formula is C17H9F3N4O2S. The van der Waals surface area contributed by atoms with Gasteiger partial charge in [-0.1, -0.05) is 0 Å². The van der Waals surface area contributed by atoms with Gasteiger partial charge in [-0.25, -0.2) is 17.9 Å². The molecule has 2 aromatic carbocycles. The van der Waals surface area contributed by atoms with Gasteiger partial charge in [0.05, 0.1) is 17.1 Å². The zero-order valence-electron chi connectivity index (χ0n) is 13.3. The third-order valence-electron chi connectivity index (χ3n) is 3.62. The highest BCUT2D eigenvalue weighted by Crippen LogP contribution is 2.33. The standard InChI is InChI=1S/C17H9F3N4O2S/c18-11-3-1-10(2-4-11)16-14(9-21)15(17(19)20)22-24(16)13-7-5-12(6-8-13)23-27(25)26/h1-8,17H. The van der Waals surface area contributed by atoms with Gasteiger partial charge in [0.2, 0.25) is 0 Å². The zero-order valence-corrected chi connectivity index (χ0v) is 14.2. The Bertz CT molecular complexity index is 1150. The van der Waals surface area contributed by atoms with Crippen LogP contribution in [0.2, 0.25) is 0 Å². The van der Waals surface area contributed by atoms with E-state index in [1.807, 2.05) is 0 Å². The van der Waals surface area contributed by atoms with Gasteiger partial charge < -0.3 is 0 Å². The fourth-order valence-corrected chi connectivity index (χ4v) is 2.79. The molecule has 0 spiro atoms. The Morgan fingerprint density at radius 2 is 1.70 bits per heavy atom. The first-order valence-corrected chi connectivity index (χ1v) is 8.42. The molecule has 0 amide bonds. The molecular weight excluding hydrogens is 381 g/mol. The summed E-state index contributed by atoms with van der Waals surface area (Å²) in [5.41, 5.74) is -0.200. The van der Waals surface area contributed by atoms with Crippen molar-refractivity contribution < 1.29 is 21.6 Å². The lowest BCUT2D eigenvalue weighted by molar-refractivity contribution is 0.145. The normalized spacial score (nSPS) is 10.6. The van der Waals surface area contributed by atoms with Crippen LogP contribution >= 0.6 is 0 Å². The van der Waals surface area contributed by atoms with E-state index in [2.05, 4.69) is 9.46 Å². The van der Waals surface area contributed by atoms with Crippen molar-refractivity contribution in [1.29, 1.82) is 5.26 Å². The molecule has 0 bridgehead atoms. The third kappa shape index (κ3) is 3.73. The highest BCUT2D eigenvalue weighted by atomic mass is 32.2. The Balaban J connectivity index is 2.24. The van der Waals surface area contributed by atoms with Crippen molar-refractivity contribution in [3.8, 4) is 23.0 Å². The molecule has 0 atom stereocenters. The molecule has 3 aromatic rings. The molecule has 0 saturated carbocycles. The number of halogens is 3. The number of alkyl halides is 2. The minimum atomic E-state index is -2.99. The van der Waals surface area contributed by atoms with Gasteiger partial charge in [0, 0.05) is 5.56 Å². The SMILES string of the molecule is N#Cc1c(C(F)F)nn(-c2ccc(N=S(=O)=O)cc2)c1-c1ccc(F)cc1. The average Bonchev–Trinajstić information content (AvgIpc) is 3.02. The van der Waals surface area contributed by atoms with Gasteiger partial charge in [-0.05, 0) is 48.5 Å². The predicted molar refractivity (Wildman–Crippen MR) is 89.6 cm³/mol. The Kier molecular flexibility index (Phi) is 5.05. The van der Waals surface area contributed by atoms with Crippen LogP contribution in [0.3, 0.4) is 0 Å². The number of hydrogen-bond acceptors (Lipinski definition) is 5. The van der Waals surface area contributed by atoms with Crippen LogP contribution in [0.15, 0.2) is 52.9 Å². The molecule has 1 aromatic heterocycles. The van der Waals surface area contributed by atoms with Gasteiger partial charge in [0.1, 0.15) is 23.1 Å². The summed E-state index contributed by atoms with van der Waals surface area (Å²) in [6, 6.07) is 12.3. The molecule has 0 N–H and O–H groups in total. The summed E-state index contributed by atoms with van der Waals surface area (Å²) in [6.45, 7) is 0. The molecule has 136 valence electrons. The van der Waals surface area contributed by atoms with Crippen molar-refractivity contribution in [2.24, 2.45) is 4.36 Å². The monoisotopic (exact) mass is 390 g/mol. The number of nitrogens with zero attached hydrogens (tertiary/aromatic N) is 4. The lowest BCUT2D eigenvalue weighted by atomic mass is 10.1. The molecule has 0 unspecified atom stereocenters. The van der Waals surface area contributed by atoms with Crippen LogP contribution in [-0.4, -0.2) is 18.2 Å². The van der Waals surface area contributed by atoms with Gasteiger partial charge in [0.15, 0.2) is 0 Å². The topological polar surface area (TPSA) is 88.1 Å². The Labute approximate surface area is 152 Å². The zero-order chi connectivity index (χ0) is 19.6. The molecule has 0 aliphatic rings. The number of aromatic nitrogens is 2. The largest absolute Gasteiger partial charge is 0.316 e. The summed E-state index contributed by atoms with van der Waals surface area (Å²) < 4.78 is 65.6. The van der Waals surface area contributed by atoms with Crippen LogP contribution in [-0.2, 0) is 10.5 Å². The van der Waals surface area contributed by atoms with Crippen molar-refractivity contribution >= 4 is 16.2 Å². The third-order valence-corrected chi connectivity index (χ3v) is 3.98. The van der Waals surface area contributed by atoms with Crippen molar-refractivity contribution in [2.75, 3.05) is 0 Å². The summed E-state index contributed by atoms with van der Waals surface area (Å²) in [5, 5.41) is 13.2. The van der Waals surface area contributed by atoms with Crippen molar-refractivity contribution in [2.45, 2.75) is 6.43 Å². The minimum Gasteiger partial charge on any atom is -0.231 e. The maximum Gasteiger partial charge on any atom is 0.316 e. The lowest BCUT2D eigenvalue weighted by Crippen LogP contribution is -2.00. The Hall–Kier alpha value is -3.45. The van der Waals surface area contributed by atoms with E-state index < -0.39 is 28.4 Å². The molecule has 0 fully saturated rings. The molecule has 0 radical (unpaired) electrons. The number of rotatable bonds is 4. The second-order valence-electron chi connectivity index (χ2n) is 5.26. The van der Waals surface area contributed by atoms with Crippen LogP contribution in [0.1, 0.15) is 17.7 Å². The van der Waals surface area contributed by atoms with E-state index in [1.54, 1.807) is 6.07 Å². The fourth-order valence-electron chi connectivity index (χ4n) is 2.50. The molecule has 0 saturated heterocycles. The van der Waals surface area contributed by atoms with Crippen LogP contribution in [0.5, 0.6) is 0 Å². The van der Waals surface area contributed by atoms with E-state index in [9.17, 15) is 26.9 Å². The summed E-state index contributed by atoms with van der Waals surface area (Å²) >= 11 is 0. The highest BCUT2D eigenvalue weighted by Gasteiger charge is 2.25. The second-order valence-corrected chi connectivity index (χ2v) is 5.88. The van der Waals surface area contributed by atoms with E-state index >= 15 is 0 Å².